The van der Waals surface area contributed by atoms with Gasteiger partial charge in [0.15, 0.2) is 5.75 Å². The van der Waals surface area contributed by atoms with E-state index in [0.29, 0.717) is 34.9 Å². The number of nitrogens with zero attached hydrogens (tertiary/aromatic N) is 3. The van der Waals surface area contributed by atoms with Crippen molar-refractivity contribution in [2.24, 2.45) is 10.2 Å². The molecule has 3 aromatic rings. The molecule has 0 aromatic heterocycles. The smallest absolute Gasteiger partial charge is 0.343 e. The second kappa shape index (κ2) is 12.0. The van der Waals surface area contributed by atoms with Crippen LogP contribution in [0.2, 0.25) is 0 Å². The van der Waals surface area contributed by atoms with Crippen molar-refractivity contribution >= 4 is 17.3 Å². The third-order valence-corrected chi connectivity index (χ3v) is 4.68. The molecule has 0 aliphatic rings. The Balaban J connectivity index is 1.79. The summed E-state index contributed by atoms with van der Waals surface area (Å²) in [5.74, 6) is 0.387. The maximum atomic E-state index is 12.6. The van der Waals surface area contributed by atoms with Gasteiger partial charge < -0.3 is 9.47 Å². The second-order valence-corrected chi connectivity index (χ2v) is 7.15. The molecule has 32 heavy (non-hydrogen) atoms. The number of ether oxygens (including phenoxy) is 2. The molecule has 0 heterocycles. The number of nitriles is 1. The third-order valence-electron chi connectivity index (χ3n) is 4.68. The van der Waals surface area contributed by atoms with Gasteiger partial charge in [0.05, 0.1) is 29.5 Å². The van der Waals surface area contributed by atoms with Gasteiger partial charge in [-0.15, -0.1) is 5.11 Å². The van der Waals surface area contributed by atoms with Crippen molar-refractivity contribution in [2.75, 3.05) is 6.61 Å². The van der Waals surface area contributed by atoms with Crippen molar-refractivity contribution < 1.29 is 14.3 Å². The Kier molecular flexibility index (Phi) is 8.52. The van der Waals surface area contributed by atoms with Gasteiger partial charge in [-0.05, 0) is 55.0 Å². The van der Waals surface area contributed by atoms with Crippen LogP contribution in [0.3, 0.4) is 0 Å². The Hall–Kier alpha value is -3.98. The van der Waals surface area contributed by atoms with Gasteiger partial charge in [0.1, 0.15) is 11.4 Å². The van der Waals surface area contributed by atoms with E-state index in [9.17, 15) is 4.79 Å². The quantitative estimate of drug-likeness (QED) is 0.149. The Bertz CT molecular complexity index is 1090. The normalized spacial score (nSPS) is 10.6. The first-order chi connectivity index (χ1) is 15.7. The molecule has 162 valence electrons. The van der Waals surface area contributed by atoms with E-state index < -0.39 is 5.97 Å². The van der Waals surface area contributed by atoms with Crippen molar-refractivity contribution in [2.45, 2.75) is 32.6 Å². The summed E-state index contributed by atoms with van der Waals surface area (Å²) in [7, 11) is 0. The Morgan fingerprint density at radius 3 is 2.44 bits per heavy atom. The van der Waals surface area contributed by atoms with Crippen molar-refractivity contribution in [1.82, 2.24) is 0 Å². The first-order valence-corrected chi connectivity index (χ1v) is 10.7. The Morgan fingerprint density at radius 2 is 1.72 bits per heavy atom. The monoisotopic (exact) mass is 427 g/mol. The molecule has 0 aliphatic heterocycles. The number of hydrogen-bond donors (Lipinski definition) is 0. The van der Waals surface area contributed by atoms with Gasteiger partial charge in [-0.25, -0.2) is 4.79 Å². The molecule has 6 nitrogen and oxygen atoms in total. The number of esters is 1. The molecule has 3 aromatic carbocycles. The van der Waals surface area contributed by atoms with Gasteiger partial charge in [0, 0.05) is 6.07 Å². The van der Waals surface area contributed by atoms with E-state index in [1.54, 1.807) is 66.7 Å². The van der Waals surface area contributed by atoms with Gasteiger partial charge in [0.25, 0.3) is 0 Å². The molecular formula is C26H25N3O3. The fourth-order valence-corrected chi connectivity index (χ4v) is 2.91. The van der Waals surface area contributed by atoms with Gasteiger partial charge in [-0.3, -0.25) is 0 Å². The molecule has 0 radical (unpaired) electrons. The van der Waals surface area contributed by atoms with E-state index >= 15 is 0 Å². The number of rotatable bonds is 10. The molecule has 0 bridgehead atoms. The lowest BCUT2D eigenvalue weighted by Gasteiger charge is -2.11. The molecule has 6 heteroatoms. The third kappa shape index (κ3) is 6.78. The highest BCUT2D eigenvalue weighted by Crippen LogP contribution is 2.34. The summed E-state index contributed by atoms with van der Waals surface area (Å²) in [6.45, 7) is 2.76. The molecule has 3 rings (SSSR count). The van der Waals surface area contributed by atoms with Crippen LogP contribution in [0.5, 0.6) is 11.5 Å². The van der Waals surface area contributed by atoms with Crippen LogP contribution in [0.15, 0.2) is 83.0 Å². The van der Waals surface area contributed by atoms with Crippen LogP contribution in [-0.2, 0) is 0 Å². The minimum Gasteiger partial charge on any atom is -0.493 e. The molecule has 0 fully saturated rings. The summed E-state index contributed by atoms with van der Waals surface area (Å²) in [5.41, 5.74) is 1.97. The van der Waals surface area contributed by atoms with Crippen LogP contribution in [0, 0.1) is 11.3 Å². The summed E-state index contributed by atoms with van der Waals surface area (Å²) in [5, 5.41) is 17.4. The van der Waals surface area contributed by atoms with Crippen molar-refractivity contribution in [3.8, 4) is 17.6 Å². The van der Waals surface area contributed by atoms with E-state index in [1.807, 2.05) is 6.07 Å². The lowest BCUT2D eigenvalue weighted by Crippen LogP contribution is -2.08. The summed E-state index contributed by atoms with van der Waals surface area (Å²) in [4.78, 5) is 12.6. The zero-order valence-electron chi connectivity index (χ0n) is 18.0. The molecule has 0 atom stereocenters. The molecule has 0 saturated carbocycles. The fourth-order valence-electron chi connectivity index (χ4n) is 2.91. The molecular weight excluding hydrogens is 402 g/mol. The lowest BCUT2D eigenvalue weighted by atomic mass is 10.2. The fraction of sp³-hybridized carbons (Fsp3) is 0.231. The minimum atomic E-state index is -0.486. The van der Waals surface area contributed by atoms with E-state index in [-0.39, 0.29) is 5.75 Å². The molecule has 0 N–H and O–H groups in total. The number of carbonyl (C=O) groups excluding carboxylic acids is 1. The lowest BCUT2D eigenvalue weighted by molar-refractivity contribution is 0.0735. The number of benzene rings is 3. The average molecular weight is 428 g/mol. The van der Waals surface area contributed by atoms with Crippen molar-refractivity contribution in [3.05, 3.63) is 83.9 Å². The van der Waals surface area contributed by atoms with E-state index in [2.05, 4.69) is 23.2 Å². The van der Waals surface area contributed by atoms with Crippen molar-refractivity contribution in [1.29, 1.82) is 5.26 Å². The molecule has 0 saturated heterocycles. The maximum absolute atomic E-state index is 12.6. The van der Waals surface area contributed by atoms with Gasteiger partial charge in [0.2, 0.25) is 0 Å². The largest absolute Gasteiger partial charge is 0.493 e. The first kappa shape index (κ1) is 22.7. The van der Waals surface area contributed by atoms with Crippen LogP contribution < -0.4 is 9.47 Å². The minimum absolute atomic E-state index is 0.266. The Morgan fingerprint density at radius 1 is 0.938 bits per heavy atom. The first-order valence-electron chi connectivity index (χ1n) is 10.7. The van der Waals surface area contributed by atoms with Crippen molar-refractivity contribution in [3.63, 3.8) is 0 Å². The number of carbonyl (C=O) groups is 1. The Labute approximate surface area is 188 Å². The SMILES string of the molecule is CCCCCCOc1ccc(N=Nc2ccc(C#N)cc2)c(OC(=O)c2ccccc2)c1. The highest BCUT2D eigenvalue weighted by Gasteiger charge is 2.13. The summed E-state index contributed by atoms with van der Waals surface area (Å²) in [6.07, 6.45) is 4.42. The second-order valence-electron chi connectivity index (χ2n) is 7.15. The van der Waals surface area contributed by atoms with Crippen LogP contribution in [0.25, 0.3) is 0 Å². The maximum Gasteiger partial charge on any atom is 0.343 e. The number of unbranched alkanes of at least 4 members (excludes halogenated alkanes) is 3. The van der Waals surface area contributed by atoms with Crippen LogP contribution in [-0.4, -0.2) is 12.6 Å². The molecule has 0 amide bonds. The van der Waals surface area contributed by atoms with E-state index in [0.717, 1.165) is 12.8 Å². The van der Waals surface area contributed by atoms with Gasteiger partial charge in [-0.2, -0.15) is 10.4 Å². The van der Waals surface area contributed by atoms with E-state index in [4.69, 9.17) is 14.7 Å². The highest BCUT2D eigenvalue weighted by atomic mass is 16.5. The van der Waals surface area contributed by atoms with Crippen LogP contribution in [0.4, 0.5) is 11.4 Å². The van der Waals surface area contributed by atoms with E-state index in [1.165, 1.54) is 12.8 Å². The predicted molar refractivity (Wildman–Crippen MR) is 123 cm³/mol. The zero-order chi connectivity index (χ0) is 22.6. The molecule has 0 unspecified atom stereocenters. The summed E-state index contributed by atoms with van der Waals surface area (Å²) >= 11 is 0. The molecule has 0 aliphatic carbocycles. The van der Waals surface area contributed by atoms with Crippen LogP contribution in [0.1, 0.15) is 48.5 Å². The predicted octanol–water partition coefficient (Wildman–Crippen LogP) is 7.15. The number of azo groups is 1. The summed E-state index contributed by atoms with van der Waals surface area (Å²) < 4.78 is 11.5. The average Bonchev–Trinajstić information content (AvgIpc) is 2.84. The highest BCUT2D eigenvalue weighted by molar-refractivity contribution is 5.91. The standard InChI is InChI=1S/C26H25N3O3/c1-2-3-4-8-17-31-23-15-16-24(29-28-22-13-11-20(19-27)12-14-22)25(18-23)32-26(30)21-9-6-5-7-10-21/h5-7,9-16,18H,2-4,8,17H2,1H3. The number of hydrogen-bond acceptors (Lipinski definition) is 6. The van der Waals surface area contributed by atoms with Gasteiger partial charge in [-0.1, -0.05) is 44.4 Å². The topological polar surface area (TPSA) is 84.0 Å². The molecule has 0 spiro atoms. The van der Waals surface area contributed by atoms with Gasteiger partial charge >= 0.3 is 5.97 Å². The zero-order valence-corrected chi connectivity index (χ0v) is 18.0. The summed E-state index contributed by atoms with van der Waals surface area (Å²) in [6, 6.07) is 22.7. The van der Waals surface area contributed by atoms with Crippen LogP contribution >= 0.6 is 0 Å².